The molecule has 1 aliphatic carbocycles. The molecule has 3 rings (SSSR count). The van der Waals surface area contributed by atoms with Gasteiger partial charge < -0.3 is 26.0 Å². The van der Waals surface area contributed by atoms with Gasteiger partial charge in [-0.3, -0.25) is 24.0 Å². The van der Waals surface area contributed by atoms with E-state index in [1.807, 2.05) is 20.8 Å². The smallest absolute Gasteiger partial charge is 0.422 e. The maximum absolute atomic E-state index is 13.6. The van der Waals surface area contributed by atoms with Crippen molar-refractivity contribution < 1.29 is 41.9 Å². The van der Waals surface area contributed by atoms with E-state index in [9.17, 15) is 37.1 Å². The van der Waals surface area contributed by atoms with E-state index in [2.05, 4.69) is 21.3 Å². The summed E-state index contributed by atoms with van der Waals surface area (Å²) in [7, 11) is 0. The highest BCUT2D eigenvalue weighted by molar-refractivity contribution is 6.38. The Kier molecular flexibility index (Phi) is 11.8. The molecule has 13 heteroatoms. The van der Waals surface area contributed by atoms with Crippen LogP contribution in [0, 0.1) is 11.3 Å². The Balaban J connectivity index is 1.75. The summed E-state index contributed by atoms with van der Waals surface area (Å²) < 4.78 is 43.4. The van der Waals surface area contributed by atoms with Gasteiger partial charge in [-0.15, -0.1) is 0 Å². The Hall–Kier alpha value is -3.64. The number of Topliss-reactive ketones (excluding diaryl/α,β-unsaturated/α-hetero) is 1. The third-order valence-corrected chi connectivity index (χ3v) is 7.60. The molecular weight excluding hydrogens is 581 g/mol. The Bertz CT molecular complexity index is 1210. The van der Waals surface area contributed by atoms with Crippen molar-refractivity contribution in [3.63, 3.8) is 0 Å². The van der Waals surface area contributed by atoms with Crippen LogP contribution in [0.25, 0.3) is 0 Å². The topological polar surface area (TPSA) is 143 Å². The van der Waals surface area contributed by atoms with Gasteiger partial charge in [-0.05, 0) is 61.5 Å². The lowest BCUT2D eigenvalue weighted by Crippen LogP contribution is -2.55. The minimum absolute atomic E-state index is 0.0234. The van der Waals surface area contributed by atoms with E-state index in [1.165, 1.54) is 6.07 Å². The van der Waals surface area contributed by atoms with Gasteiger partial charge in [-0.25, -0.2) is 0 Å². The summed E-state index contributed by atoms with van der Waals surface area (Å²) in [6, 6.07) is 3.77. The van der Waals surface area contributed by atoms with Gasteiger partial charge in [-0.1, -0.05) is 45.9 Å². The first-order chi connectivity index (χ1) is 20.6. The molecule has 0 radical (unpaired) electrons. The average molecular weight is 625 g/mol. The molecule has 0 spiro atoms. The van der Waals surface area contributed by atoms with E-state index in [0.717, 1.165) is 12.8 Å². The van der Waals surface area contributed by atoms with Crippen LogP contribution >= 0.6 is 0 Å². The predicted octanol–water partition coefficient (Wildman–Crippen LogP) is 3.29. The fourth-order valence-corrected chi connectivity index (χ4v) is 5.18. The minimum Gasteiger partial charge on any atom is -0.484 e. The molecule has 2 aliphatic rings. The van der Waals surface area contributed by atoms with Crippen molar-refractivity contribution in [1.82, 2.24) is 21.3 Å². The van der Waals surface area contributed by atoms with Crippen molar-refractivity contribution in [3.05, 3.63) is 29.8 Å². The van der Waals surface area contributed by atoms with Gasteiger partial charge in [0.1, 0.15) is 11.8 Å². The number of carbonyl (C=O) groups excluding carboxylic acids is 5. The standard InChI is InChI=1S/C31H43F3N4O6/c1-5-18(21-8-6-7-9-24(21)44-17-31(32,33)34)15-25(39)37-23(16-30(2,3)4)28(42)38-22(14-19-12-13-35-27(19)41)26(40)29(43)36-20-10-11-20/h6-9,18-20,22-23H,5,10-17H2,1-4H3,(H,35,41)(H,36,43)(H,37,39)(H,38,42)/t18-,19-,22?,23-/m0/s1. The fraction of sp³-hybridized carbons (Fsp3) is 0.645. The summed E-state index contributed by atoms with van der Waals surface area (Å²) in [5, 5.41) is 10.7. The highest BCUT2D eigenvalue weighted by atomic mass is 19.4. The summed E-state index contributed by atoms with van der Waals surface area (Å²) in [6.45, 7) is 6.37. The number of benzene rings is 1. The van der Waals surface area contributed by atoms with Crippen LogP contribution in [0.15, 0.2) is 24.3 Å². The van der Waals surface area contributed by atoms with Gasteiger partial charge in [0.2, 0.25) is 23.5 Å². The van der Waals surface area contributed by atoms with Gasteiger partial charge in [0.25, 0.3) is 5.91 Å². The minimum atomic E-state index is -4.53. The normalized spacial score (nSPS) is 18.9. The number of para-hydroxylation sites is 1. The average Bonchev–Trinajstić information content (AvgIpc) is 3.66. The highest BCUT2D eigenvalue weighted by Gasteiger charge is 2.38. The van der Waals surface area contributed by atoms with E-state index < -0.39 is 65.6 Å². The van der Waals surface area contributed by atoms with Crippen LogP contribution in [-0.2, 0) is 24.0 Å². The van der Waals surface area contributed by atoms with Crippen LogP contribution < -0.4 is 26.0 Å². The van der Waals surface area contributed by atoms with E-state index in [0.29, 0.717) is 24.9 Å². The van der Waals surface area contributed by atoms with Crippen molar-refractivity contribution in [2.24, 2.45) is 11.3 Å². The maximum Gasteiger partial charge on any atom is 0.422 e. The number of hydrogen-bond acceptors (Lipinski definition) is 6. The number of alkyl halides is 3. The molecule has 4 amide bonds. The van der Waals surface area contributed by atoms with Gasteiger partial charge in [0.05, 0.1) is 6.04 Å². The summed E-state index contributed by atoms with van der Waals surface area (Å²) in [5.74, 6) is -4.17. The first kappa shape index (κ1) is 34.8. The second-order valence-electron chi connectivity index (χ2n) is 12.8. The lowest BCUT2D eigenvalue weighted by molar-refractivity contribution is -0.153. The maximum atomic E-state index is 13.6. The lowest BCUT2D eigenvalue weighted by atomic mass is 9.87. The van der Waals surface area contributed by atoms with Crippen molar-refractivity contribution in [1.29, 1.82) is 0 Å². The molecule has 1 aliphatic heterocycles. The van der Waals surface area contributed by atoms with Crippen LogP contribution in [0.4, 0.5) is 13.2 Å². The van der Waals surface area contributed by atoms with Gasteiger partial charge in [0, 0.05) is 24.9 Å². The second kappa shape index (κ2) is 14.9. The molecule has 1 aromatic carbocycles. The molecule has 44 heavy (non-hydrogen) atoms. The number of carbonyl (C=O) groups is 5. The fourth-order valence-electron chi connectivity index (χ4n) is 5.18. The van der Waals surface area contributed by atoms with E-state index in [1.54, 1.807) is 25.1 Å². The Morgan fingerprint density at radius 2 is 1.70 bits per heavy atom. The van der Waals surface area contributed by atoms with Gasteiger partial charge >= 0.3 is 6.18 Å². The van der Waals surface area contributed by atoms with Crippen LogP contribution in [0.3, 0.4) is 0 Å². The molecule has 1 unspecified atom stereocenters. The quantitative estimate of drug-likeness (QED) is 0.221. The number of nitrogens with one attached hydrogen (secondary N) is 4. The molecular formula is C31H43F3N4O6. The van der Waals surface area contributed by atoms with Gasteiger partial charge in [-0.2, -0.15) is 13.2 Å². The number of amides is 4. The zero-order chi connectivity index (χ0) is 32.7. The number of ketones is 1. The largest absolute Gasteiger partial charge is 0.484 e. The third-order valence-electron chi connectivity index (χ3n) is 7.60. The van der Waals surface area contributed by atoms with Crippen molar-refractivity contribution >= 4 is 29.4 Å². The van der Waals surface area contributed by atoms with E-state index in [-0.39, 0.29) is 37.0 Å². The van der Waals surface area contributed by atoms with Crippen molar-refractivity contribution in [2.75, 3.05) is 13.2 Å². The number of hydrogen-bond donors (Lipinski definition) is 4. The first-order valence-electron chi connectivity index (χ1n) is 15.1. The van der Waals surface area contributed by atoms with Crippen LogP contribution in [-0.4, -0.2) is 66.9 Å². The molecule has 0 bridgehead atoms. The molecule has 4 atom stereocenters. The second-order valence-corrected chi connectivity index (χ2v) is 12.8. The summed E-state index contributed by atoms with van der Waals surface area (Å²) >= 11 is 0. The van der Waals surface area contributed by atoms with Crippen LogP contribution in [0.1, 0.15) is 84.1 Å². The molecule has 2 fully saturated rings. The molecule has 1 saturated carbocycles. The first-order valence-corrected chi connectivity index (χ1v) is 15.1. The molecule has 4 N–H and O–H groups in total. The van der Waals surface area contributed by atoms with Crippen molar-refractivity contribution in [3.8, 4) is 5.75 Å². The SMILES string of the molecule is CC[C@@H](CC(=O)N[C@@H](CC(C)(C)C)C(=O)NC(C[C@@H]1CCNC1=O)C(=O)C(=O)NC1CC1)c1ccccc1OCC(F)(F)F. The molecule has 1 aromatic rings. The summed E-state index contributed by atoms with van der Waals surface area (Å²) in [5.41, 5.74) is -0.000486. The lowest BCUT2D eigenvalue weighted by Gasteiger charge is -2.29. The number of rotatable bonds is 15. The number of halogens is 3. The van der Waals surface area contributed by atoms with Gasteiger partial charge in [0.15, 0.2) is 6.61 Å². The zero-order valence-electron chi connectivity index (χ0n) is 25.6. The monoisotopic (exact) mass is 624 g/mol. The zero-order valence-corrected chi connectivity index (χ0v) is 25.6. The Morgan fingerprint density at radius 3 is 2.27 bits per heavy atom. The Morgan fingerprint density at radius 1 is 1.02 bits per heavy atom. The van der Waals surface area contributed by atoms with Crippen LogP contribution in [0.5, 0.6) is 5.75 Å². The third kappa shape index (κ3) is 11.1. The molecule has 10 nitrogen and oxygen atoms in total. The summed E-state index contributed by atoms with van der Waals surface area (Å²) in [6.07, 6.45) is -2.15. The predicted molar refractivity (Wildman–Crippen MR) is 155 cm³/mol. The molecule has 1 heterocycles. The van der Waals surface area contributed by atoms with Crippen LogP contribution in [0.2, 0.25) is 0 Å². The van der Waals surface area contributed by atoms with Crippen molar-refractivity contribution in [2.45, 2.75) is 103 Å². The molecule has 244 valence electrons. The molecule has 1 saturated heterocycles. The Labute approximate surface area is 255 Å². The van der Waals surface area contributed by atoms with E-state index in [4.69, 9.17) is 4.74 Å². The van der Waals surface area contributed by atoms with E-state index >= 15 is 0 Å². The number of ether oxygens (including phenoxy) is 1. The molecule has 0 aromatic heterocycles. The highest BCUT2D eigenvalue weighted by Crippen LogP contribution is 2.33. The summed E-state index contributed by atoms with van der Waals surface area (Å²) in [4.78, 5) is 64.9.